The van der Waals surface area contributed by atoms with Gasteiger partial charge in [-0.3, -0.25) is 0 Å². The lowest BCUT2D eigenvalue weighted by Crippen LogP contribution is -2.38. The van der Waals surface area contributed by atoms with Crippen molar-refractivity contribution in [3.05, 3.63) is 16.6 Å². The van der Waals surface area contributed by atoms with Gasteiger partial charge in [-0.15, -0.1) is 11.3 Å². The summed E-state index contributed by atoms with van der Waals surface area (Å²) < 4.78 is 0. The van der Waals surface area contributed by atoms with Gasteiger partial charge < -0.3 is 5.32 Å². The summed E-state index contributed by atoms with van der Waals surface area (Å²) in [5.41, 5.74) is 3.65. The SMILES string of the molecule is CNC1CCC(C)(C)C(c2cscn2)C1. The average Bonchev–Trinajstić information content (AvgIpc) is 2.70. The second-order valence-corrected chi connectivity index (χ2v) is 5.93. The highest BCUT2D eigenvalue weighted by Gasteiger charge is 2.37. The van der Waals surface area contributed by atoms with E-state index in [1.165, 1.54) is 25.0 Å². The van der Waals surface area contributed by atoms with Gasteiger partial charge in [0.2, 0.25) is 0 Å². The Kier molecular flexibility index (Phi) is 3.12. The van der Waals surface area contributed by atoms with Gasteiger partial charge >= 0.3 is 0 Å². The summed E-state index contributed by atoms with van der Waals surface area (Å²) >= 11 is 1.71. The monoisotopic (exact) mass is 224 g/mol. The fourth-order valence-electron chi connectivity index (χ4n) is 2.62. The molecule has 1 saturated carbocycles. The highest BCUT2D eigenvalue weighted by atomic mass is 32.1. The number of rotatable bonds is 2. The van der Waals surface area contributed by atoms with Gasteiger partial charge in [0.05, 0.1) is 11.2 Å². The normalized spacial score (nSPS) is 30.3. The van der Waals surface area contributed by atoms with Crippen LogP contribution in [0.25, 0.3) is 0 Å². The van der Waals surface area contributed by atoms with Crippen molar-refractivity contribution < 1.29 is 0 Å². The Morgan fingerprint density at radius 3 is 2.93 bits per heavy atom. The minimum absolute atomic E-state index is 0.404. The molecule has 2 rings (SSSR count). The van der Waals surface area contributed by atoms with Crippen molar-refractivity contribution in [3.63, 3.8) is 0 Å². The minimum Gasteiger partial charge on any atom is -0.317 e. The molecule has 15 heavy (non-hydrogen) atoms. The van der Waals surface area contributed by atoms with Crippen LogP contribution >= 0.6 is 11.3 Å². The first-order valence-corrected chi connectivity index (χ1v) is 6.63. The van der Waals surface area contributed by atoms with Crippen LogP contribution in [-0.4, -0.2) is 18.1 Å². The maximum atomic E-state index is 4.50. The third kappa shape index (κ3) is 2.23. The van der Waals surface area contributed by atoms with E-state index in [1.54, 1.807) is 11.3 Å². The molecule has 3 heteroatoms. The highest BCUT2D eigenvalue weighted by Crippen LogP contribution is 2.46. The number of hydrogen-bond donors (Lipinski definition) is 1. The molecule has 1 N–H and O–H groups in total. The number of hydrogen-bond acceptors (Lipinski definition) is 3. The number of nitrogens with one attached hydrogen (secondary N) is 1. The molecule has 1 aromatic heterocycles. The molecule has 0 aliphatic heterocycles. The van der Waals surface area contributed by atoms with Crippen molar-refractivity contribution in [1.82, 2.24) is 10.3 Å². The Labute approximate surface area is 96.1 Å². The number of nitrogens with zero attached hydrogens (tertiary/aromatic N) is 1. The predicted molar refractivity (Wildman–Crippen MR) is 65.3 cm³/mol. The molecule has 1 aliphatic carbocycles. The molecular weight excluding hydrogens is 204 g/mol. The van der Waals surface area contributed by atoms with Gasteiger partial charge in [-0.25, -0.2) is 4.98 Å². The van der Waals surface area contributed by atoms with E-state index in [0.29, 0.717) is 17.4 Å². The summed E-state index contributed by atoms with van der Waals surface area (Å²) in [4.78, 5) is 4.50. The molecule has 2 atom stereocenters. The van der Waals surface area contributed by atoms with Crippen molar-refractivity contribution >= 4 is 11.3 Å². The molecule has 84 valence electrons. The topological polar surface area (TPSA) is 24.9 Å². The fraction of sp³-hybridized carbons (Fsp3) is 0.750. The number of aromatic nitrogens is 1. The second kappa shape index (κ2) is 4.22. The van der Waals surface area contributed by atoms with Crippen molar-refractivity contribution in [2.45, 2.75) is 45.1 Å². The molecule has 1 heterocycles. The third-order valence-corrected chi connectivity index (χ3v) is 4.42. The standard InChI is InChI=1S/C12H20N2S/c1-12(2)5-4-9(13-3)6-10(12)11-7-15-8-14-11/h7-10,13H,4-6H2,1-3H3. The first-order valence-electron chi connectivity index (χ1n) is 5.69. The van der Waals surface area contributed by atoms with Crippen LogP contribution in [0, 0.1) is 5.41 Å². The maximum Gasteiger partial charge on any atom is 0.0794 e. The van der Waals surface area contributed by atoms with Gasteiger partial charge in [-0.1, -0.05) is 13.8 Å². The molecule has 1 aromatic rings. The van der Waals surface area contributed by atoms with E-state index in [9.17, 15) is 0 Å². The molecule has 2 unspecified atom stereocenters. The van der Waals surface area contributed by atoms with Crippen LogP contribution in [0.2, 0.25) is 0 Å². The smallest absolute Gasteiger partial charge is 0.0794 e. The Bertz CT molecular complexity index is 305. The van der Waals surface area contributed by atoms with Gasteiger partial charge in [0.15, 0.2) is 0 Å². The molecule has 0 saturated heterocycles. The van der Waals surface area contributed by atoms with Crippen molar-refractivity contribution in [3.8, 4) is 0 Å². The zero-order valence-corrected chi connectivity index (χ0v) is 10.6. The van der Waals surface area contributed by atoms with E-state index in [4.69, 9.17) is 0 Å². The summed E-state index contributed by atoms with van der Waals surface area (Å²) in [6, 6.07) is 0.671. The molecule has 0 aromatic carbocycles. The van der Waals surface area contributed by atoms with Crippen LogP contribution in [0.5, 0.6) is 0 Å². The lowest BCUT2D eigenvalue weighted by molar-refractivity contribution is 0.169. The Morgan fingerprint density at radius 1 is 1.53 bits per heavy atom. The molecule has 1 aliphatic rings. The summed E-state index contributed by atoms with van der Waals surface area (Å²) in [5, 5.41) is 5.62. The largest absolute Gasteiger partial charge is 0.317 e. The number of thiazole rings is 1. The van der Waals surface area contributed by atoms with Gasteiger partial charge in [-0.2, -0.15) is 0 Å². The predicted octanol–water partition coefficient (Wildman–Crippen LogP) is 3.02. The van der Waals surface area contributed by atoms with E-state index in [1.807, 2.05) is 5.51 Å². The van der Waals surface area contributed by atoms with Crippen molar-refractivity contribution in [2.75, 3.05) is 7.05 Å². The van der Waals surface area contributed by atoms with E-state index >= 15 is 0 Å². The minimum atomic E-state index is 0.404. The Morgan fingerprint density at radius 2 is 2.33 bits per heavy atom. The van der Waals surface area contributed by atoms with Crippen LogP contribution in [-0.2, 0) is 0 Å². The van der Waals surface area contributed by atoms with Gasteiger partial charge in [0.1, 0.15) is 0 Å². The lowest BCUT2D eigenvalue weighted by Gasteiger charge is -2.41. The summed E-state index contributed by atoms with van der Waals surface area (Å²) in [6.07, 6.45) is 3.82. The summed E-state index contributed by atoms with van der Waals surface area (Å²) in [5.74, 6) is 0.620. The van der Waals surface area contributed by atoms with Crippen molar-refractivity contribution in [2.24, 2.45) is 5.41 Å². The van der Waals surface area contributed by atoms with E-state index in [2.05, 4.69) is 36.6 Å². The Hall–Kier alpha value is -0.410. The van der Waals surface area contributed by atoms with Gasteiger partial charge in [0, 0.05) is 17.3 Å². The molecule has 2 nitrogen and oxygen atoms in total. The fourth-order valence-corrected chi connectivity index (χ4v) is 3.23. The molecule has 0 spiro atoms. The van der Waals surface area contributed by atoms with Crippen LogP contribution in [0.4, 0.5) is 0 Å². The zero-order valence-electron chi connectivity index (χ0n) is 9.79. The quantitative estimate of drug-likeness (QED) is 0.835. The second-order valence-electron chi connectivity index (χ2n) is 5.21. The molecular formula is C12H20N2S. The molecule has 1 fully saturated rings. The van der Waals surface area contributed by atoms with Gasteiger partial charge in [-0.05, 0) is 31.7 Å². The van der Waals surface area contributed by atoms with E-state index in [-0.39, 0.29) is 0 Å². The summed E-state index contributed by atoms with van der Waals surface area (Å²) in [7, 11) is 2.07. The summed E-state index contributed by atoms with van der Waals surface area (Å²) in [6.45, 7) is 4.76. The van der Waals surface area contributed by atoms with Gasteiger partial charge in [0.25, 0.3) is 0 Å². The van der Waals surface area contributed by atoms with Crippen LogP contribution < -0.4 is 5.32 Å². The maximum absolute atomic E-state index is 4.50. The van der Waals surface area contributed by atoms with E-state index < -0.39 is 0 Å². The molecule has 0 bridgehead atoms. The molecule has 0 amide bonds. The molecule has 0 radical (unpaired) electrons. The van der Waals surface area contributed by atoms with Crippen LogP contribution in [0.15, 0.2) is 10.9 Å². The van der Waals surface area contributed by atoms with Crippen LogP contribution in [0.1, 0.15) is 44.7 Å². The Balaban J connectivity index is 2.19. The first-order chi connectivity index (χ1) is 7.13. The van der Waals surface area contributed by atoms with E-state index in [0.717, 1.165) is 0 Å². The lowest BCUT2D eigenvalue weighted by atomic mass is 9.66. The van der Waals surface area contributed by atoms with Crippen LogP contribution in [0.3, 0.4) is 0 Å². The highest BCUT2D eigenvalue weighted by molar-refractivity contribution is 7.07. The first kappa shape index (κ1) is 11.1. The zero-order chi connectivity index (χ0) is 10.9. The van der Waals surface area contributed by atoms with Crippen molar-refractivity contribution in [1.29, 1.82) is 0 Å². The average molecular weight is 224 g/mol. The third-order valence-electron chi connectivity index (χ3n) is 3.82.